The van der Waals surface area contributed by atoms with Gasteiger partial charge >= 0.3 is 0 Å². The normalized spacial score (nSPS) is 10.9. The van der Waals surface area contributed by atoms with Crippen molar-refractivity contribution in [3.63, 3.8) is 0 Å². The van der Waals surface area contributed by atoms with Crippen LogP contribution in [0.25, 0.3) is 22.5 Å². The molecule has 1 heterocycles. The molecule has 0 spiro atoms. The average molecular weight is 333 g/mol. The van der Waals surface area contributed by atoms with E-state index in [1.165, 1.54) is 14.0 Å². The molecule has 24 heavy (non-hydrogen) atoms. The third kappa shape index (κ3) is 2.40. The Morgan fingerprint density at radius 3 is 2.29 bits per heavy atom. The van der Waals surface area contributed by atoms with Crippen molar-refractivity contribution < 1.29 is 22.7 Å². The van der Waals surface area contributed by atoms with Gasteiger partial charge in [0.05, 0.1) is 11.1 Å². The van der Waals surface area contributed by atoms with Gasteiger partial charge in [0, 0.05) is 24.2 Å². The Morgan fingerprint density at radius 1 is 1.00 bits per heavy atom. The number of aromatic hydroxyl groups is 1. The molecule has 2 aromatic carbocycles. The molecule has 3 rings (SSSR count). The third-order valence-electron chi connectivity index (χ3n) is 3.80. The van der Waals surface area contributed by atoms with E-state index in [0.717, 1.165) is 0 Å². The fourth-order valence-corrected chi connectivity index (χ4v) is 2.53. The second-order valence-electron chi connectivity index (χ2n) is 5.25. The summed E-state index contributed by atoms with van der Waals surface area (Å²) in [6.45, 7) is 1.20. The van der Waals surface area contributed by atoms with Gasteiger partial charge in [-0.3, -0.25) is 0 Å². The summed E-state index contributed by atoms with van der Waals surface area (Å²) in [6.07, 6.45) is 0. The number of hydrogen-bond donors (Lipinski definition) is 2. The zero-order valence-corrected chi connectivity index (χ0v) is 13.0. The molecular formula is C18H14F3NO2. The summed E-state index contributed by atoms with van der Waals surface area (Å²) in [5, 5.41) is 13.2. The maximum absolute atomic E-state index is 14.5. The van der Waals surface area contributed by atoms with Crippen LogP contribution in [0.5, 0.6) is 5.75 Å². The van der Waals surface area contributed by atoms with E-state index in [0.29, 0.717) is 11.6 Å². The SMILES string of the molecule is CNc1oc(-c2ccccc2)c(O)c1-c1c(F)cc(F)c(C)c1F. The first kappa shape index (κ1) is 16.0. The van der Waals surface area contributed by atoms with Crippen LogP contribution >= 0.6 is 0 Å². The number of halogens is 3. The third-order valence-corrected chi connectivity index (χ3v) is 3.80. The van der Waals surface area contributed by atoms with E-state index < -0.39 is 28.8 Å². The summed E-state index contributed by atoms with van der Waals surface area (Å²) in [5.41, 5.74) is -0.524. The van der Waals surface area contributed by atoms with Crippen LogP contribution in [-0.4, -0.2) is 12.2 Å². The summed E-state index contributed by atoms with van der Waals surface area (Å²) < 4.78 is 47.7. The van der Waals surface area contributed by atoms with Crippen LogP contribution in [-0.2, 0) is 0 Å². The summed E-state index contributed by atoms with van der Waals surface area (Å²) in [4.78, 5) is 0. The number of furan rings is 1. The number of hydrogen-bond acceptors (Lipinski definition) is 3. The van der Waals surface area contributed by atoms with Crippen molar-refractivity contribution in [2.24, 2.45) is 0 Å². The van der Waals surface area contributed by atoms with Gasteiger partial charge in [-0.1, -0.05) is 30.3 Å². The van der Waals surface area contributed by atoms with E-state index in [1.807, 2.05) is 0 Å². The first-order valence-electron chi connectivity index (χ1n) is 7.19. The fraction of sp³-hybridized carbons (Fsp3) is 0.111. The highest BCUT2D eigenvalue weighted by Crippen LogP contribution is 2.48. The monoisotopic (exact) mass is 333 g/mol. The molecule has 0 unspecified atom stereocenters. The summed E-state index contributed by atoms with van der Waals surface area (Å²) >= 11 is 0. The summed E-state index contributed by atoms with van der Waals surface area (Å²) in [7, 11) is 1.49. The lowest BCUT2D eigenvalue weighted by Crippen LogP contribution is -1.99. The topological polar surface area (TPSA) is 45.4 Å². The van der Waals surface area contributed by atoms with Gasteiger partial charge in [0.2, 0.25) is 5.88 Å². The molecule has 0 aliphatic heterocycles. The number of nitrogens with one attached hydrogen (secondary N) is 1. The Kier molecular flexibility index (Phi) is 3.97. The molecule has 0 aliphatic rings. The second kappa shape index (κ2) is 5.96. The van der Waals surface area contributed by atoms with E-state index in [4.69, 9.17) is 4.42 Å². The Hall–Kier alpha value is -2.89. The van der Waals surface area contributed by atoms with Gasteiger partial charge in [-0.05, 0) is 6.92 Å². The Balaban J connectivity index is 2.31. The molecule has 0 aliphatic carbocycles. The second-order valence-corrected chi connectivity index (χ2v) is 5.25. The minimum atomic E-state index is -1.12. The zero-order chi connectivity index (χ0) is 17.4. The van der Waals surface area contributed by atoms with Crippen molar-refractivity contribution in [3.8, 4) is 28.2 Å². The van der Waals surface area contributed by atoms with Crippen LogP contribution in [0, 0.1) is 24.4 Å². The van der Waals surface area contributed by atoms with E-state index in [1.54, 1.807) is 30.3 Å². The average Bonchev–Trinajstić information content (AvgIpc) is 2.90. The van der Waals surface area contributed by atoms with E-state index in [2.05, 4.69) is 5.32 Å². The van der Waals surface area contributed by atoms with Crippen LogP contribution in [0.3, 0.4) is 0 Å². The molecule has 3 nitrogen and oxygen atoms in total. The molecule has 2 N–H and O–H groups in total. The van der Waals surface area contributed by atoms with Crippen LogP contribution in [0.1, 0.15) is 5.56 Å². The van der Waals surface area contributed by atoms with Gasteiger partial charge < -0.3 is 14.8 Å². The minimum absolute atomic E-state index is 0.0184. The minimum Gasteiger partial charge on any atom is -0.504 e. The van der Waals surface area contributed by atoms with Crippen molar-refractivity contribution in [1.82, 2.24) is 0 Å². The maximum Gasteiger partial charge on any atom is 0.205 e. The van der Waals surface area contributed by atoms with Crippen molar-refractivity contribution in [2.75, 3.05) is 12.4 Å². The molecule has 1 aromatic heterocycles. The van der Waals surface area contributed by atoms with Crippen LogP contribution < -0.4 is 5.32 Å². The lowest BCUT2D eigenvalue weighted by Gasteiger charge is -2.09. The predicted octanol–water partition coefficient (Wildman–Crippen LogP) is 5.09. The highest BCUT2D eigenvalue weighted by Gasteiger charge is 2.28. The Bertz CT molecular complexity index is 905. The van der Waals surface area contributed by atoms with Crippen LogP contribution in [0.15, 0.2) is 40.8 Å². The molecule has 3 aromatic rings. The molecule has 0 saturated carbocycles. The van der Waals surface area contributed by atoms with E-state index in [-0.39, 0.29) is 22.8 Å². The highest BCUT2D eigenvalue weighted by atomic mass is 19.1. The lowest BCUT2D eigenvalue weighted by molar-refractivity contribution is 0.465. The van der Waals surface area contributed by atoms with Gasteiger partial charge in [0.1, 0.15) is 17.5 Å². The van der Waals surface area contributed by atoms with Gasteiger partial charge in [-0.2, -0.15) is 0 Å². The zero-order valence-electron chi connectivity index (χ0n) is 13.0. The van der Waals surface area contributed by atoms with Gasteiger partial charge in [-0.25, -0.2) is 13.2 Å². The van der Waals surface area contributed by atoms with Crippen LogP contribution in [0.4, 0.5) is 19.1 Å². The number of anilines is 1. The number of benzene rings is 2. The molecule has 0 atom stereocenters. The highest BCUT2D eigenvalue weighted by molar-refractivity contribution is 5.88. The van der Waals surface area contributed by atoms with Crippen LogP contribution in [0.2, 0.25) is 0 Å². The quantitative estimate of drug-likeness (QED) is 0.702. The largest absolute Gasteiger partial charge is 0.504 e. The molecular weight excluding hydrogens is 319 g/mol. The fourth-order valence-electron chi connectivity index (χ4n) is 2.53. The maximum atomic E-state index is 14.5. The van der Waals surface area contributed by atoms with Gasteiger partial charge in [0.15, 0.2) is 11.5 Å². The molecule has 0 bridgehead atoms. The van der Waals surface area contributed by atoms with Gasteiger partial charge in [0.25, 0.3) is 0 Å². The summed E-state index contributed by atoms with van der Waals surface area (Å²) in [6, 6.07) is 9.21. The lowest BCUT2D eigenvalue weighted by atomic mass is 10.0. The van der Waals surface area contributed by atoms with Crippen molar-refractivity contribution in [1.29, 1.82) is 0 Å². The van der Waals surface area contributed by atoms with Gasteiger partial charge in [-0.15, -0.1) is 0 Å². The smallest absolute Gasteiger partial charge is 0.205 e. The Morgan fingerprint density at radius 2 is 1.67 bits per heavy atom. The number of rotatable bonds is 3. The van der Waals surface area contributed by atoms with E-state index in [9.17, 15) is 18.3 Å². The molecule has 0 saturated heterocycles. The van der Waals surface area contributed by atoms with Crippen molar-refractivity contribution in [3.05, 3.63) is 59.4 Å². The first-order chi connectivity index (χ1) is 11.5. The molecule has 124 valence electrons. The van der Waals surface area contributed by atoms with Crippen molar-refractivity contribution in [2.45, 2.75) is 6.92 Å². The molecule has 0 radical (unpaired) electrons. The van der Waals surface area contributed by atoms with Crippen molar-refractivity contribution >= 4 is 5.88 Å². The summed E-state index contributed by atoms with van der Waals surface area (Å²) in [5.74, 6) is -3.58. The molecule has 6 heteroatoms. The molecule has 0 amide bonds. The molecule has 0 fully saturated rings. The first-order valence-corrected chi connectivity index (χ1v) is 7.19. The standard InChI is InChI=1S/C18H14F3NO2/c1-9-11(19)8-12(20)13(15(9)21)14-16(23)17(24-18(14)22-2)10-6-4-3-5-7-10/h3-8,22-23H,1-2H3. The van der Waals surface area contributed by atoms with E-state index >= 15 is 0 Å². The Labute approximate surface area is 136 Å². The predicted molar refractivity (Wildman–Crippen MR) is 85.4 cm³/mol.